The Morgan fingerprint density at radius 3 is 2.73 bits per heavy atom. The highest BCUT2D eigenvalue weighted by atomic mass is 16.4. The summed E-state index contributed by atoms with van der Waals surface area (Å²) in [6, 6.07) is -0.706. The predicted octanol–water partition coefficient (Wildman–Crippen LogP) is 0.463. The summed E-state index contributed by atoms with van der Waals surface area (Å²) in [5.74, 6) is -0.720. The Balaban J connectivity index is 2.64. The molecule has 0 spiro atoms. The van der Waals surface area contributed by atoms with E-state index in [1.165, 1.54) is 0 Å². The minimum Gasteiger partial charge on any atom is -0.480 e. The summed E-state index contributed by atoms with van der Waals surface area (Å²) in [4.78, 5) is 20.6. The van der Waals surface area contributed by atoms with Crippen LogP contribution in [-0.2, 0) is 4.79 Å². The van der Waals surface area contributed by atoms with Crippen molar-refractivity contribution in [3.63, 3.8) is 0 Å². The van der Waals surface area contributed by atoms with Gasteiger partial charge in [0.2, 0.25) is 0 Å². The zero-order valence-corrected chi connectivity index (χ0v) is 6.23. The van der Waals surface area contributed by atoms with Crippen LogP contribution in [0.4, 0.5) is 0 Å². The Kier molecular flexibility index (Phi) is 2.07. The van der Waals surface area contributed by atoms with E-state index in [1.807, 2.05) is 6.92 Å². The molecule has 1 aliphatic heterocycles. The molecule has 62 valence electrons. The summed E-state index contributed by atoms with van der Waals surface area (Å²) < 4.78 is 0. The van der Waals surface area contributed by atoms with E-state index in [2.05, 4.69) is 5.29 Å². The second-order valence-electron chi connectivity index (χ2n) is 2.90. The normalized spacial score (nSPS) is 30.5. The lowest BCUT2D eigenvalue weighted by molar-refractivity contribution is -0.142. The van der Waals surface area contributed by atoms with E-state index in [0.29, 0.717) is 13.0 Å². The maximum absolute atomic E-state index is 10.5. The number of carbonyl (C=O) groups is 1. The first kappa shape index (κ1) is 7.97. The Bertz CT molecular complexity index is 183. The smallest absolute Gasteiger partial charge is 0.328 e. The lowest BCUT2D eigenvalue weighted by Crippen LogP contribution is -2.31. The zero-order chi connectivity index (χ0) is 8.43. The second-order valence-corrected chi connectivity index (χ2v) is 2.90. The van der Waals surface area contributed by atoms with Gasteiger partial charge in [-0.15, -0.1) is 4.91 Å². The molecule has 1 aliphatic rings. The zero-order valence-electron chi connectivity index (χ0n) is 6.23. The molecule has 2 unspecified atom stereocenters. The van der Waals surface area contributed by atoms with Crippen LogP contribution in [-0.4, -0.2) is 28.7 Å². The van der Waals surface area contributed by atoms with Gasteiger partial charge in [0.05, 0.1) is 5.29 Å². The quantitative estimate of drug-likeness (QED) is 0.593. The van der Waals surface area contributed by atoms with Crippen molar-refractivity contribution in [2.45, 2.75) is 19.4 Å². The molecule has 2 atom stereocenters. The maximum Gasteiger partial charge on any atom is 0.328 e. The minimum absolute atomic E-state index is 0.244. The topological polar surface area (TPSA) is 70.0 Å². The second kappa shape index (κ2) is 2.86. The molecule has 0 aromatic heterocycles. The number of aliphatic carboxylic acids is 1. The molecule has 0 amide bonds. The summed E-state index contributed by atoms with van der Waals surface area (Å²) in [5.41, 5.74) is 0. The molecule has 5 heteroatoms. The van der Waals surface area contributed by atoms with Crippen LogP contribution in [0.3, 0.4) is 0 Å². The van der Waals surface area contributed by atoms with Gasteiger partial charge in [0, 0.05) is 6.54 Å². The van der Waals surface area contributed by atoms with Gasteiger partial charge >= 0.3 is 5.97 Å². The first-order chi connectivity index (χ1) is 5.15. The minimum atomic E-state index is -0.964. The first-order valence-electron chi connectivity index (χ1n) is 3.48. The molecule has 0 saturated carbocycles. The maximum atomic E-state index is 10.5. The van der Waals surface area contributed by atoms with Gasteiger partial charge in [0.1, 0.15) is 6.04 Å². The summed E-state index contributed by atoms with van der Waals surface area (Å²) in [6.45, 7) is 2.36. The number of hydrogen-bond donors (Lipinski definition) is 1. The lowest BCUT2D eigenvalue weighted by Gasteiger charge is -2.11. The van der Waals surface area contributed by atoms with Crippen LogP contribution in [0.25, 0.3) is 0 Å². The van der Waals surface area contributed by atoms with Gasteiger partial charge < -0.3 is 5.11 Å². The van der Waals surface area contributed by atoms with Crippen LogP contribution < -0.4 is 0 Å². The average molecular weight is 158 g/mol. The van der Waals surface area contributed by atoms with E-state index in [1.54, 1.807) is 0 Å². The average Bonchev–Trinajstić information content (AvgIpc) is 2.30. The van der Waals surface area contributed by atoms with Crippen LogP contribution in [0.1, 0.15) is 13.3 Å². The largest absolute Gasteiger partial charge is 0.480 e. The highest BCUT2D eigenvalue weighted by Gasteiger charge is 2.34. The van der Waals surface area contributed by atoms with Crippen molar-refractivity contribution in [1.29, 1.82) is 0 Å². The van der Waals surface area contributed by atoms with Gasteiger partial charge in [-0.05, 0) is 12.3 Å². The van der Waals surface area contributed by atoms with E-state index >= 15 is 0 Å². The standard InChI is InChI=1S/C6H10N2O3/c1-4-2-5(6(9)10)8(3-4)7-11/h4-5H,2-3H2,1H3,(H,9,10). The van der Waals surface area contributed by atoms with E-state index in [9.17, 15) is 9.70 Å². The van der Waals surface area contributed by atoms with E-state index < -0.39 is 12.0 Å². The molecule has 0 bridgehead atoms. The first-order valence-corrected chi connectivity index (χ1v) is 3.48. The van der Waals surface area contributed by atoms with Crippen LogP contribution in [0.15, 0.2) is 5.29 Å². The molecule has 0 aliphatic carbocycles. The molecule has 1 heterocycles. The van der Waals surface area contributed by atoms with E-state index in [-0.39, 0.29) is 5.92 Å². The van der Waals surface area contributed by atoms with Crippen molar-refractivity contribution in [2.75, 3.05) is 6.54 Å². The molecule has 0 aromatic rings. The molecule has 11 heavy (non-hydrogen) atoms. The summed E-state index contributed by atoms with van der Waals surface area (Å²) in [5, 5.41) is 12.3. The monoisotopic (exact) mass is 158 g/mol. The number of carboxylic acids is 1. The fourth-order valence-corrected chi connectivity index (χ4v) is 1.34. The molecule has 1 saturated heterocycles. The number of nitrogens with zero attached hydrogens (tertiary/aromatic N) is 2. The Morgan fingerprint density at radius 1 is 1.73 bits per heavy atom. The molecule has 0 radical (unpaired) electrons. The van der Waals surface area contributed by atoms with Gasteiger partial charge in [0.25, 0.3) is 0 Å². The third-order valence-electron chi connectivity index (χ3n) is 1.87. The molecule has 1 rings (SSSR count). The Labute approximate surface area is 63.9 Å². The fraction of sp³-hybridized carbons (Fsp3) is 0.833. The third-order valence-corrected chi connectivity index (χ3v) is 1.87. The van der Waals surface area contributed by atoms with Gasteiger partial charge in [-0.25, -0.2) is 9.80 Å². The van der Waals surface area contributed by atoms with Crippen molar-refractivity contribution in [3.8, 4) is 0 Å². The van der Waals surface area contributed by atoms with Gasteiger partial charge in [-0.2, -0.15) is 0 Å². The number of hydrogen-bond acceptors (Lipinski definition) is 3. The lowest BCUT2D eigenvalue weighted by atomic mass is 10.1. The van der Waals surface area contributed by atoms with Crippen molar-refractivity contribution < 1.29 is 9.90 Å². The molecule has 1 fully saturated rings. The Hall–Kier alpha value is -1.13. The molecule has 0 aromatic carbocycles. The molecular formula is C6H10N2O3. The van der Waals surface area contributed by atoms with Crippen molar-refractivity contribution in [2.24, 2.45) is 11.2 Å². The van der Waals surface area contributed by atoms with Crippen molar-refractivity contribution in [3.05, 3.63) is 4.91 Å². The molecular weight excluding hydrogens is 148 g/mol. The van der Waals surface area contributed by atoms with E-state index in [4.69, 9.17) is 5.11 Å². The predicted molar refractivity (Wildman–Crippen MR) is 37.7 cm³/mol. The number of carboxylic acid groups (broad SMARTS) is 1. The van der Waals surface area contributed by atoms with E-state index in [0.717, 1.165) is 5.01 Å². The number of nitroso groups, excluding NO2 is 1. The van der Waals surface area contributed by atoms with Crippen molar-refractivity contribution in [1.82, 2.24) is 5.01 Å². The van der Waals surface area contributed by atoms with Gasteiger partial charge in [-0.1, -0.05) is 6.92 Å². The summed E-state index contributed by atoms with van der Waals surface area (Å²) in [6.07, 6.45) is 0.515. The van der Waals surface area contributed by atoms with Gasteiger partial charge in [0.15, 0.2) is 0 Å². The SMILES string of the molecule is CC1CC(C(=O)O)N(N=O)C1. The van der Waals surface area contributed by atoms with Crippen LogP contribution in [0.2, 0.25) is 0 Å². The van der Waals surface area contributed by atoms with Crippen LogP contribution in [0, 0.1) is 10.8 Å². The molecule has 5 nitrogen and oxygen atoms in total. The number of rotatable bonds is 2. The van der Waals surface area contributed by atoms with Crippen LogP contribution in [0.5, 0.6) is 0 Å². The summed E-state index contributed by atoms with van der Waals surface area (Å²) >= 11 is 0. The molecule has 1 N–H and O–H groups in total. The van der Waals surface area contributed by atoms with Crippen LogP contribution >= 0.6 is 0 Å². The summed E-state index contributed by atoms with van der Waals surface area (Å²) in [7, 11) is 0. The highest BCUT2D eigenvalue weighted by molar-refractivity contribution is 5.73. The third kappa shape index (κ3) is 1.47. The fourth-order valence-electron chi connectivity index (χ4n) is 1.34. The van der Waals surface area contributed by atoms with Gasteiger partial charge in [-0.3, -0.25) is 0 Å². The Morgan fingerprint density at radius 2 is 2.36 bits per heavy atom. The highest BCUT2D eigenvalue weighted by Crippen LogP contribution is 2.22. The van der Waals surface area contributed by atoms with Crippen molar-refractivity contribution >= 4 is 5.97 Å².